The Morgan fingerprint density at radius 2 is 1.96 bits per heavy atom. The van der Waals surface area contributed by atoms with E-state index in [1.165, 1.54) is 0 Å². The van der Waals surface area contributed by atoms with Crippen LogP contribution in [0.5, 0.6) is 0 Å². The normalized spacial score (nSPS) is 10.8. The number of hydrogen-bond donors (Lipinski definition) is 3. The molecule has 2 aromatic carbocycles. The monoisotopic (exact) mass is 396 g/mol. The van der Waals surface area contributed by atoms with E-state index in [2.05, 4.69) is 35.6 Å². The van der Waals surface area contributed by atoms with Crippen LogP contribution in [0.3, 0.4) is 0 Å². The summed E-state index contributed by atoms with van der Waals surface area (Å²) >= 11 is 1.70. The van der Waals surface area contributed by atoms with Gasteiger partial charge in [0, 0.05) is 16.8 Å². The number of nitrogens with one attached hydrogen (secondary N) is 1. The molecule has 0 unspecified atom stereocenters. The number of nitrogens with two attached hydrogens (primary N) is 2. The average Bonchev–Trinajstić information content (AvgIpc) is 3.12. The molecule has 0 fully saturated rings. The highest BCUT2D eigenvalue weighted by Gasteiger charge is 2.16. The van der Waals surface area contributed by atoms with Gasteiger partial charge in [0.25, 0.3) is 0 Å². The summed E-state index contributed by atoms with van der Waals surface area (Å²) in [6, 6.07) is 13.4. The van der Waals surface area contributed by atoms with Crippen LogP contribution in [0.1, 0.15) is 22.4 Å². The smallest absolute Gasteiger partial charge is 0.274 e. The highest BCUT2D eigenvalue weighted by molar-refractivity contribution is 7.98. The first kappa shape index (κ1) is 19.9. The van der Waals surface area contributed by atoms with Gasteiger partial charge in [0.05, 0.1) is 17.1 Å². The van der Waals surface area contributed by atoms with Gasteiger partial charge in [0.1, 0.15) is 0 Å². The number of benzene rings is 2. The molecule has 0 aliphatic carbocycles. The maximum absolute atomic E-state index is 11.8. The number of rotatable bonds is 5. The number of anilines is 1. The fraction of sp³-hybridized carbons (Fsp3) is 0.200. The molecular weight excluding hydrogens is 372 g/mol. The SMILES string of the molecule is Cc1ccn(-c2ccc(SCc3c(C)cccc3N(N)C(=O)NN)c(C)c2)n1. The Morgan fingerprint density at radius 3 is 2.61 bits per heavy atom. The van der Waals surface area contributed by atoms with Gasteiger partial charge in [-0.15, -0.1) is 11.8 Å². The van der Waals surface area contributed by atoms with Crippen LogP contribution in [-0.2, 0) is 5.75 Å². The van der Waals surface area contributed by atoms with Crippen LogP contribution in [-0.4, -0.2) is 15.8 Å². The minimum Gasteiger partial charge on any atom is -0.274 e. The first-order chi connectivity index (χ1) is 13.4. The van der Waals surface area contributed by atoms with Crippen molar-refractivity contribution in [1.29, 1.82) is 0 Å². The minimum absolute atomic E-state index is 0.563. The summed E-state index contributed by atoms with van der Waals surface area (Å²) in [5, 5.41) is 5.50. The van der Waals surface area contributed by atoms with Crippen molar-refractivity contribution in [1.82, 2.24) is 15.2 Å². The molecule has 0 bridgehead atoms. The van der Waals surface area contributed by atoms with Gasteiger partial charge in [-0.05, 0) is 67.8 Å². The van der Waals surface area contributed by atoms with Crippen molar-refractivity contribution in [3.63, 3.8) is 0 Å². The first-order valence-corrected chi connectivity index (χ1v) is 9.79. The van der Waals surface area contributed by atoms with E-state index in [0.717, 1.165) is 38.0 Å². The van der Waals surface area contributed by atoms with Crippen molar-refractivity contribution in [2.45, 2.75) is 31.4 Å². The van der Waals surface area contributed by atoms with E-state index in [1.54, 1.807) is 11.8 Å². The predicted octanol–water partition coefficient (Wildman–Crippen LogP) is 3.35. The lowest BCUT2D eigenvalue weighted by Crippen LogP contribution is -2.48. The Kier molecular flexibility index (Phi) is 6.03. The molecular formula is C20H24N6OS. The molecule has 0 radical (unpaired) electrons. The minimum atomic E-state index is -0.563. The fourth-order valence-electron chi connectivity index (χ4n) is 2.93. The quantitative estimate of drug-likeness (QED) is 0.266. The molecule has 0 saturated carbocycles. The Hall–Kier alpha value is -2.81. The highest BCUT2D eigenvalue weighted by atomic mass is 32.2. The number of hydrazine groups is 2. The molecule has 0 spiro atoms. The zero-order valence-corrected chi connectivity index (χ0v) is 17.0. The first-order valence-electron chi connectivity index (χ1n) is 8.80. The van der Waals surface area contributed by atoms with Crippen molar-refractivity contribution in [2.75, 3.05) is 5.01 Å². The Bertz CT molecular complexity index is 1000. The van der Waals surface area contributed by atoms with Gasteiger partial charge in [-0.2, -0.15) is 5.10 Å². The maximum Gasteiger partial charge on any atom is 0.350 e. The molecule has 0 aliphatic rings. The molecule has 3 aromatic rings. The number of aryl methyl sites for hydroxylation is 3. The predicted molar refractivity (Wildman–Crippen MR) is 113 cm³/mol. The molecule has 0 atom stereocenters. The standard InChI is InChI=1S/C20H24N6OS/c1-13-5-4-6-18(26(22)20(27)23-21)17(13)12-28-19-8-7-16(11-14(19)2)25-10-9-15(3)24-25/h4-11H,12,21-22H2,1-3H3,(H,23,27). The summed E-state index contributed by atoms with van der Waals surface area (Å²) < 4.78 is 1.87. The third-order valence-electron chi connectivity index (χ3n) is 4.50. The molecule has 1 heterocycles. The van der Waals surface area contributed by atoms with Crippen LogP contribution in [0.4, 0.5) is 10.5 Å². The maximum atomic E-state index is 11.8. The van der Waals surface area contributed by atoms with Gasteiger partial charge in [0.15, 0.2) is 0 Å². The second kappa shape index (κ2) is 8.47. The van der Waals surface area contributed by atoms with E-state index < -0.39 is 6.03 Å². The van der Waals surface area contributed by atoms with E-state index in [9.17, 15) is 4.79 Å². The number of carbonyl (C=O) groups excluding carboxylic acids is 1. The van der Waals surface area contributed by atoms with Crippen molar-refractivity contribution < 1.29 is 4.79 Å². The molecule has 28 heavy (non-hydrogen) atoms. The number of urea groups is 1. The molecule has 0 aliphatic heterocycles. The van der Waals surface area contributed by atoms with Gasteiger partial charge in [-0.3, -0.25) is 5.43 Å². The lowest BCUT2D eigenvalue weighted by molar-refractivity contribution is 0.246. The van der Waals surface area contributed by atoms with E-state index in [-0.39, 0.29) is 0 Å². The summed E-state index contributed by atoms with van der Waals surface area (Å²) in [6.07, 6.45) is 1.95. The van der Waals surface area contributed by atoms with Gasteiger partial charge in [-0.1, -0.05) is 12.1 Å². The second-order valence-corrected chi connectivity index (χ2v) is 7.55. The van der Waals surface area contributed by atoms with Gasteiger partial charge >= 0.3 is 6.03 Å². The van der Waals surface area contributed by atoms with Crippen LogP contribution in [0.15, 0.2) is 53.6 Å². The van der Waals surface area contributed by atoms with Gasteiger partial charge < -0.3 is 0 Å². The molecule has 8 heteroatoms. The molecule has 5 N–H and O–H groups in total. The van der Waals surface area contributed by atoms with Crippen molar-refractivity contribution in [3.05, 3.63) is 71.0 Å². The topological polar surface area (TPSA) is 102 Å². The van der Waals surface area contributed by atoms with E-state index in [0.29, 0.717) is 11.4 Å². The lowest BCUT2D eigenvalue weighted by atomic mass is 10.1. The van der Waals surface area contributed by atoms with E-state index in [1.807, 2.05) is 49.0 Å². The Morgan fingerprint density at radius 1 is 1.18 bits per heavy atom. The van der Waals surface area contributed by atoms with Crippen LogP contribution >= 0.6 is 11.8 Å². The van der Waals surface area contributed by atoms with Crippen molar-refractivity contribution in [2.24, 2.45) is 11.7 Å². The average molecular weight is 397 g/mol. The zero-order valence-electron chi connectivity index (χ0n) is 16.1. The number of amides is 2. The highest BCUT2D eigenvalue weighted by Crippen LogP contribution is 2.32. The van der Waals surface area contributed by atoms with E-state index in [4.69, 9.17) is 11.7 Å². The van der Waals surface area contributed by atoms with Gasteiger partial charge in [0.2, 0.25) is 0 Å². The molecule has 146 valence electrons. The number of carbonyl (C=O) groups is 1. The molecule has 2 amide bonds. The van der Waals surface area contributed by atoms with Crippen LogP contribution in [0.2, 0.25) is 0 Å². The Balaban J connectivity index is 1.82. The molecule has 1 aromatic heterocycles. The molecule has 3 rings (SSSR count). The molecule has 7 nitrogen and oxygen atoms in total. The third kappa shape index (κ3) is 4.19. The Labute approximate surface area is 168 Å². The van der Waals surface area contributed by atoms with Crippen LogP contribution in [0.25, 0.3) is 5.69 Å². The number of hydrogen-bond acceptors (Lipinski definition) is 5. The zero-order chi connectivity index (χ0) is 20.3. The van der Waals surface area contributed by atoms with Crippen LogP contribution in [0, 0.1) is 20.8 Å². The van der Waals surface area contributed by atoms with E-state index >= 15 is 0 Å². The van der Waals surface area contributed by atoms with Crippen LogP contribution < -0.4 is 22.1 Å². The number of nitrogens with zero attached hydrogens (tertiary/aromatic N) is 3. The van der Waals surface area contributed by atoms with Gasteiger partial charge in [-0.25, -0.2) is 26.2 Å². The summed E-state index contributed by atoms with van der Waals surface area (Å²) in [5.41, 5.74) is 7.92. The fourth-order valence-corrected chi connectivity index (χ4v) is 4.05. The third-order valence-corrected chi connectivity index (χ3v) is 5.71. The summed E-state index contributed by atoms with van der Waals surface area (Å²) in [4.78, 5) is 13.0. The summed E-state index contributed by atoms with van der Waals surface area (Å²) in [6.45, 7) is 6.06. The summed E-state index contributed by atoms with van der Waals surface area (Å²) in [5.74, 6) is 11.8. The largest absolute Gasteiger partial charge is 0.350 e. The van der Waals surface area contributed by atoms with Crippen molar-refractivity contribution >= 4 is 23.5 Å². The number of aromatic nitrogens is 2. The summed E-state index contributed by atoms with van der Waals surface area (Å²) in [7, 11) is 0. The second-order valence-electron chi connectivity index (χ2n) is 6.53. The molecule has 0 saturated heterocycles. The lowest BCUT2D eigenvalue weighted by Gasteiger charge is -2.21. The van der Waals surface area contributed by atoms with Crippen molar-refractivity contribution in [3.8, 4) is 5.69 Å². The number of thioether (sulfide) groups is 1.